The molecule has 1 aliphatic carbocycles. The van der Waals surface area contributed by atoms with Gasteiger partial charge in [0.25, 0.3) is 0 Å². The number of halogens is 2. The van der Waals surface area contributed by atoms with Crippen LogP contribution < -0.4 is 0 Å². The van der Waals surface area contributed by atoms with Crippen LogP contribution in [0.15, 0.2) is 0 Å². The molecule has 4 heteroatoms. The number of carbonyl (C=O) groups is 1. The molecule has 0 N–H and O–H groups in total. The van der Waals surface area contributed by atoms with Crippen LogP contribution in [0.5, 0.6) is 0 Å². The highest BCUT2D eigenvalue weighted by Crippen LogP contribution is 2.22. The van der Waals surface area contributed by atoms with Gasteiger partial charge in [-0.25, -0.2) is 0 Å². The Morgan fingerprint density at radius 1 is 1.25 bits per heavy atom. The van der Waals surface area contributed by atoms with Crippen LogP contribution in [0.1, 0.15) is 32.1 Å². The predicted molar refractivity (Wildman–Crippen MR) is 49.3 cm³/mol. The van der Waals surface area contributed by atoms with Gasteiger partial charge in [-0.05, 0) is 36.0 Å². The second kappa shape index (κ2) is 7.39. The van der Waals surface area contributed by atoms with Crippen molar-refractivity contribution in [1.82, 2.24) is 0 Å². The summed E-state index contributed by atoms with van der Waals surface area (Å²) in [5.41, 5.74) is 0. The zero-order chi connectivity index (χ0) is 9.40. The van der Waals surface area contributed by atoms with E-state index in [1.807, 2.05) is 0 Å². The average Bonchev–Trinajstić information content (AvgIpc) is 2.05. The highest BCUT2D eigenvalue weighted by atomic mass is 35.5. The van der Waals surface area contributed by atoms with E-state index < -0.39 is 4.70 Å². The van der Waals surface area contributed by atoms with E-state index in [1.165, 1.54) is 19.3 Å². The summed E-state index contributed by atoms with van der Waals surface area (Å²) in [7, 11) is 0. The van der Waals surface area contributed by atoms with Gasteiger partial charge in [-0.3, -0.25) is 4.79 Å². The Morgan fingerprint density at radius 3 is 1.92 bits per heavy atom. The monoisotopic (exact) mass is 207 g/mol. The van der Waals surface area contributed by atoms with Gasteiger partial charge < -0.3 is 0 Å². The molecule has 0 spiro atoms. The third-order valence-electron chi connectivity index (χ3n) is 1.79. The largest absolute Gasteiger partial charge is 0.313 e. The molecule has 12 heavy (non-hydrogen) atoms. The molecule has 0 bridgehead atoms. The fourth-order valence-corrected chi connectivity index (χ4v) is 1.23. The minimum absolute atomic E-state index is 0.392. The Hall–Kier alpha value is -0.260. The topological polar surface area (TPSA) is 40.9 Å². The molecule has 1 fully saturated rings. The smallest absolute Gasteiger partial charge is 0.262 e. The molecule has 2 nitrogen and oxygen atoms in total. The van der Waals surface area contributed by atoms with Crippen molar-refractivity contribution in [3.8, 4) is 6.07 Å². The van der Waals surface area contributed by atoms with Crippen LogP contribution in [0, 0.1) is 17.2 Å². The van der Waals surface area contributed by atoms with Gasteiger partial charge in [0.2, 0.25) is 0 Å². The number of rotatable bonds is 0. The van der Waals surface area contributed by atoms with Crippen LogP contribution in [0.4, 0.5) is 4.79 Å². The van der Waals surface area contributed by atoms with Crippen LogP contribution in [-0.2, 0) is 0 Å². The summed E-state index contributed by atoms with van der Waals surface area (Å²) in [4.78, 5) is 8.98. The lowest BCUT2D eigenvalue weighted by Gasteiger charge is -2.13. The molecule has 0 atom stereocenters. The first kappa shape index (κ1) is 11.7. The summed E-state index contributed by atoms with van der Waals surface area (Å²) < 4.78 is -0.889. The molecular formula is C8H11Cl2NO. The Balaban J connectivity index is 0.000000261. The molecular weight excluding hydrogens is 197 g/mol. The standard InChI is InChI=1S/C7H11N.CCl2O/c8-6-7-4-2-1-3-5-7;2-1(3)4/h7H,1-5H2;. The van der Waals surface area contributed by atoms with Crippen LogP contribution in [0.25, 0.3) is 0 Å². The van der Waals surface area contributed by atoms with Gasteiger partial charge in [0.1, 0.15) is 0 Å². The van der Waals surface area contributed by atoms with Gasteiger partial charge >= 0.3 is 4.70 Å². The first-order chi connectivity index (χ1) is 5.66. The fourth-order valence-electron chi connectivity index (χ4n) is 1.23. The normalized spacial score (nSPS) is 17.1. The van der Waals surface area contributed by atoms with E-state index >= 15 is 0 Å². The van der Waals surface area contributed by atoms with Crippen LogP contribution >= 0.6 is 23.2 Å². The number of hydrogen-bond donors (Lipinski definition) is 0. The van der Waals surface area contributed by atoms with E-state index in [2.05, 4.69) is 29.3 Å². The van der Waals surface area contributed by atoms with E-state index in [0.29, 0.717) is 5.92 Å². The highest BCUT2D eigenvalue weighted by molar-refractivity contribution is 6.93. The third-order valence-corrected chi connectivity index (χ3v) is 1.79. The first-order valence-corrected chi connectivity index (χ1v) is 4.67. The Morgan fingerprint density at radius 2 is 1.67 bits per heavy atom. The maximum absolute atomic E-state index is 8.98. The zero-order valence-corrected chi connectivity index (χ0v) is 8.24. The second-order valence-corrected chi connectivity index (χ2v) is 3.57. The molecule has 0 aromatic carbocycles. The van der Waals surface area contributed by atoms with Gasteiger partial charge in [0.05, 0.1) is 6.07 Å². The van der Waals surface area contributed by atoms with E-state index in [-0.39, 0.29) is 0 Å². The Labute approximate surface area is 82.5 Å². The number of carbonyl (C=O) groups excluding carboxylic acids is 1. The lowest BCUT2D eigenvalue weighted by Crippen LogP contribution is -2.02. The SMILES string of the molecule is N#CC1CCCCC1.O=C(Cl)Cl. The molecule has 68 valence electrons. The summed E-state index contributed by atoms with van der Waals surface area (Å²) in [6.45, 7) is 0. The lowest BCUT2D eigenvalue weighted by molar-refractivity contribution is 0.275. The van der Waals surface area contributed by atoms with Crippen molar-refractivity contribution in [1.29, 1.82) is 5.26 Å². The molecule has 1 saturated carbocycles. The molecule has 1 aliphatic rings. The van der Waals surface area contributed by atoms with Crippen molar-refractivity contribution in [3.05, 3.63) is 0 Å². The molecule has 0 radical (unpaired) electrons. The molecule has 0 amide bonds. The maximum Gasteiger partial charge on any atom is 0.313 e. The van der Waals surface area contributed by atoms with Gasteiger partial charge in [-0.15, -0.1) is 0 Å². The minimum atomic E-state index is -0.889. The van der Waals surface area contributed by atoms with Crippen LogP contribution in [0.3, 0.4) is 0 Å². The zero-order valence-electron chi connectivity index (χ0n) is 6.72. The molecule has 0 aromatic heterocycles. The summed E-state index contributed by atoms with van der Waals surface area (Å²) in [6, 6.07) is 2.30. The molecule has 0 unspecified atom stereocenters. The quantitative estimate of drug-likeness (QED) is 0.569. The van der Waals surface area contributed by atoms with Crippen molar-refractivity contribution < 1.29 is 4.79 Å². The third kappa shape index (κ3) is 7.84. The van der Waals surface area contributed by atoms with E-state index in [0.717, 1.165) is 12.8 Å². The lowest BCUT2D eigenvalue weighted by atomic mass is 9.91. The van der Waals surface area contributed by atoms with Gasteiger partial charge in [-0.1, -0.05) is 19.3 Å². The second-order valence-electron chi connectivity index (χ2n) is 2.69. The Bertz CT molecular complexity index is 166. The number of hydrogen-bond acceptors (Lipinski definition) is 2. The summed E-state index contributed by atoms with van der Waals surface area (Å²) >= 11 is 8.80. The molecule has 0 heterocycles. The van der Waals surface area contributed by atoms with E-state index in [1.54, 1.807) is 0 Å². The molecule has 0 saturated heterocycles. The van der Waals surface area contributed by atoms with Gasteiger partial charge in [-0.2, -0.15) is 5.26 Å². The summed E-state index contributed by atoms with van der Waals surface area (Å²) in [6.07, 6.45) is 6.20. The van der Waals surface area contributed by atoms with Crippen molar-refractivity contribution >= 4 is 27.9 Å². The predicted octanol–water partition coefficient (Wildman–Crippen LogP) is 3.67. The number of nitrogens with zero attached hydrogens (tertiary/aromatic N) is 1. The molecule has 1 rings (SSSR count). The van der Waals surface area contributed by atoms with Gasteiger partial charge in [0.15, 0.2) is 0 Å². The van der Waals surface area contributed by atoms with Crippen molar-refractivity contribution in [2.75, 3.05) is 0 Å². The highest BCUT2D eigenvalue weighted by Gasteiger charge is 2.10. The van der Waals surface area contributed by atoms with Crippen LogP contribution in [-0.4, -0.2) is 4.70 Å². The van der Waals surface area contributed by atoms with E-state index in [9.17, 15) is 0 Å². The van der Waals surface area contributed by atoms with Crippen molar-refractivity contribution in [3.63, 3.8) is 0 Å². The Kier molecular flexibility index (Phi) is 7.23. The minimum Gasteiger partial charge on any atom is -0.262 e. The first-order valence-electron chi connectivity index (χ1n) is 3.91. The fraction of sp³-hybridized carbons (Fsp3) is 0.750. The average molecular weight is 208 g/mol. The summed E-state index contributed by atoms with van der Waals surface area (Å²) in [5.74, 6) is 0.392. The van der Waals surface area contributed by atoms with Crippen molar-refractivity contribution in [2.24, 2.45) is 5.92 Å². The van der Waals surface area contributed by atoms with Crippen molar-refractivity contribution in [2.45, 2.75) is 32.1 Å². The number of nitriles is 1. The summed E-state index contributed by atoms with van der Waals surface area (Å²) in [5, 5.41) is 8.44. The van der Waals surface area contributed by atoms with Gasteiger partial charge in [0, 0.05) is 5.92 Å². The van der Waals surface area contributed by atoms with Crippen LogP contribution in [0.2, 0.25) is 0 Å². The van der Waals surface area contributed by atoms with E-state index in [4.69, 9.17) is 10.1 Å². The maximum atomic E-state index is 8.98. The molecule has 0 aliphatic heterocycles. The molecule has 0 aromatic rings.